The minimum absolute atomic E-state index is 0.00622. The third kappa shape index (κ3) is 4.26. The molecule has 1 aromatic rings. The molecule has 2 nitrogen and oxygen atoms in total. The van der Waals surface area contributed by atoms with E-state index in [0.29, 0.717) is 11.6 Å². The van der Waals surface area contributed by atoms with Gasteiger partial charge in [-0.1, -0.05) is 19.8 Å². The Kier molecular flexibility index (Phi) is 5.97. The summed E-state index contributed by atoms with van der Waals surface area (Å²) < 4.78 is 0.826. The fourth-order valence-corrected chi connectivity index (χ4v) is 3.58. The zero-order valence-electron chi connectivity index (χ0n) is 11.9. The van der Waals surface area contributed by atoms with Crippen LogP contribution >= 0.6 is 28.6 Å². The topological polar surface area (TPSA) is 29.1 Å². The third-order valence-corrected chi connectivity index (χ3v) is 5.04. The summed E-state index contributed by atoms with van der Waals surface area (Å²) in [6.45, 7) is 2.25. The summed E-state index contributed by atoms with van der Waals surface area (Å²) in [5.74, 6) is 0.868. The monoisotopic (exact) mass is 355 g/mol. The fraction of sp³-hybridized carbons (Fsp3) is 0.562. The number of amides is 1. The van der Waals surface area contributed by atoms with E-state index in [0.717, 1.165) is 28.1 Å². The van der Waals surface area contributed by atoms with Gasteiger partial charge in [-0.2, -0.15) is 0 Å². The molecule has 0 atom stereocenters. The van der Waals surface area contributed by atoms with Crippen molar-refractivity contribution in [1.29, 1.82) is 0 Å². The molecule has 1 fully saturated rings. The standard InChI is InChI=1S/C16H22BrNOS/c1-2-3-11-4-6-12(7-5-11)18-16(19)14-10-13(20)8-9-15(14)17/h8-12,20H,2-7H2,1H3,(H,18,19). The molecule has 1 aromatic carbocycles. The highest BCUT2D eigenvalue weighted by atomic mass is 79.9. The van der Waals surface area contributed by atoms with Crippen LogP contribution in [0.2, 0.25) is 0 Å². The number of carbonyl (C=O) groups excluding carboxylic acids is 1. The first-order chi connectivity index (χ1) is 9.60. The number of rotatable bonds is 4. The Morgan fingerprint density at radius 2 is 2.05 bits per heavy atom. The molecule has 0 spiro atoms. The molecule has 1 amide bonds. The predicted octanol–water partition coefficient (Wildman–Crippen LogP) is 4.83. The Labute approximate surface area is 135 Å². The lowest BCUT2D eigenvalue weighted by molar-refractivity contribution is 0.0920. The number of thiol groups is 1. The van der Waals surface area contributed by atoms with E-state index in [4.69, 9.17) is 0 Å². The average Bonchev–Trinajstić information content (AvgIpc) is 2.44. The van der Waals surface area contributed by atoms with Gasteiger partial charge in [0, 0.05) is 15.4 Å². The molecule has 1 aliphatic rings. The van der Waals surface area contributed by atoms with Gasteiger partial charge in [-0.3, -0.25) is 4.79 Å². The highest BCUT2D eigenvalue weighted by Crippen LogP contribution is 2.28. The third-order valence-electron chi connectivity index (χ3n) is 4.07. The lowest BCUT2D eigenvalue weighted by Gasteiger charge is -2.29. The van der Waals surface area contributed by atoms with E-state index in [1.807, 2.05) is 18.2 Å². The Hall–Kier alpha value is -0.480. The first-order valence-electron chi connectivity index (χ1n) is 7.39. The number of halogens is 1. The Morgan fingerprint density at radius 3 is 2.70 bits per heavy atom. The van der Waals surface area contributed by atoms with Gasteiger partial charge < -0.3 is 5.32 Å². The minimum atomic E-state index is 0.00622. The SMILES string of the molecule is CCCC1CCC(NC(=O)c2cc(S)ccc2Br)CC1. The Morgan fingerprint density at radius 1 is 1.35 bits per heavy atom. The Balaban J connectivity index is 1.91. The van der Waals surface area contributed by atoms with Crippen molar-refractivity contribution in [2.75, 3.05) is 0 Å². The lowest BCUT2D eigenvalue weighted by Crippen LogP contribution is -2.37. The van der Waals surface area contributed by atoms with E-state index >= 15 is 0 Å². The molecule has 2 rings (SSSR count). The predicted molar refractivity (Wildman–Crippen MR) is 89.5 cm³/mol. The van der Waals surface area contributed by atoms with E-state index in [-0.39, 0.29) is 5.91 Å². The molecule has 0 heterocycles. The highest BCUT2D eigenvalue weighted by molar-refractivity contribution is 9.10. The van der Waals surface area contributed by atoms with Crippen LogP contribution in [0.4, 0.5) is 0 Å². The quantitative estimate of drug-likeness (QED) is 0.744. The van der Waals surface area contributed by atoms with Gasteiger partial charge >= 0.3 is 0 Å². The van der Waals surface area contributed by atoms with Crippen molar-refractivity contribution < 1.29 is 4.79 Å². The lowest BCUT2D eigenvalue weighted by atomic mass is 9.83. The molecule has 0 radical (unpaired) electrons. The van der Waals surface area contributed by atoms with Crippen LogP contribution in [0.15, 0.2) is 27.6 Å². The van der Waals surface area contributed by atoms with Gasteiger partial charge in [0.1, 0.15) is 0 Å². The van der Waals surface area contributed by atoms with Crippen molar-refractivity contribution in [2.24, 2.45) is 5.92 Å². The molecule has 0 saturated heterocycles. The summed E-state index contributed by atoms with van der Waals surface area (Å²) in [5.41, 5.74) is 0.674. The van der Waals surface area contributed by atoms with Crippen molar-refractivity contribution in [3.63, 3.8) is 0 Å². The maximum atomic E-state index is 12.3. The molecule has 0 aromatic heterocycles. The van der Waals surface area contributed by atoms with E-state index in [1.165, 1.54) is 25.7 Å². The van der Waals surface area contributed by atoms with E-state index in [9.17, 15) is 4.79 Å². The van der Waals surface area contributed by atoms with Crippen molar-refractivity contribution >= 4 is 34.5 Å². The molecule has 20 heavy (non-hydrogen) atoms. The van der Waals surface area contributed by atoms with Gasteiger partial charge in [-0.25, -0.2) is 0 Å². The first-order valence-corrected chi connectivity index (χ1v) is 8.63. The van der Waals surface area contributed by atoms with Crippen molar-refractivity contribution in [1.82, 2.24) is 5.32 Å². The van der Waals surface area contributed by atoms with Gasteiger partial charge in [0.05, 0.1) is 5.56 Å². The molecular formula is C16H22BrNOS. The average molecular weight is 356 g/mol. The number of hydrogen-bond acceptors (Lipinski definition) is 2. The molecule has 0 bridgehead atoms. The first kappa shape index (κ1) is 15.9. The summed E-state index contributed by atoms with van der Waals surface area (Å²) in [6.07, 6.45) is 7.29. The van der Waals surface area contributed by atoms with Crippen molar-refractivity contribution in [3.05, 3.63) is 28.2 Å². The van der Waals surface area contributed by atoms with E-state index in [2.05, 4.69) is 40.8 Å². The number of hydrogen-bond donors (Lipinski definition) is 2. The fourth-order valence-electron chi connectivity index (χ4n) is 2.95. The number of nitrogens with one attached hydrogen (secondary N) is 1. The summed E-state index contributed by atoms with van der Waals surface area (Å²) >= 11 is 7.73. The minimum Gasteiger partial charge on any atom is -0.349 e. The zero-order chi connectivity index (χ0) is 14.5. The van der Waals surface area contributed by atoms with Crippen molar-refractivity contribution in [3.8, 4) is 0 Å². The number of benzene rings is 1. The van der Waals surface area contributed by atoms with E-state index < -0.39 is 0 Å². The maximum Gasteiger partial charge on any atom is 0.252 e. The van der Waals surface area contributed by atoms with Gasteiger partial charge in [-0.05, 0) is 65.7 Å². The molecule has 1 N–H and O–H groups in total. The van der Waals surface area contributed by atoms with Crippen LogP contribution in [0, 0.1) is 5.92 Å². The highest BCUT2D eigenvalue weighted by Gasteiger charge is 2.22. The van der Waals surface area contributed by atoms with E-state index in [1.54, 1.807) is 0 Å². The molecule has 1 saturated carbocycles. The van der Waals surface area contributed by atoms with Gasteiger partial charge in [0.15, 0.2) is 0 Å². The van der Waals surface area contributed by atoms with Gasteiger partial charge in [-0.15, -0.1) is 12.6 Å². The van der Waals surface area contributed by atoms with Crippen LogP contribution in [0.3, 0.4) is 0 Å². The van der Waals surface area contributed by atoms with Crippen LogP contribution in [0.25, 0.3) is 0 Å². The van der Waals surface area contributed by atoms with Crippen LogP contribution in [-0.2, 0) is 0 Å². The zero-order valence-corrected chi connectivity index (χ0v) is 14.3. The maximum absolute atomic E-state index is 12.3. The largest absolute Gasteiger partial charge is 0.349 e. The van der Waals surface area contributed by atoms with Crippen LogP contribution in [0.1, 0.15) is 55.8 Å². The normalized spacial score (nSPS) is 22.6. The molecule has 0 unspecified atom stereocenters. The summed E-state index contributed by atoms with van der Waals surface area (Å²) in [6, 6.07) is 5.88. The summed E-state index contributed by atoms with van der Waals surface area (Å²) in [7, 11) is 0. The van der Waals surface area contributed by atoms with Crippen LogP contribution < -0.4 is 5.32 Å². The summed E-state index contributed by atoms with van der Waals surface area (Å²) in [4.78, 5) is 13.1. The Bertz CT molecular complexity index is 470. The smallest absolute Gasteiger partial charge is 0.252 e. The second kappa shape index (κ2) is 7.51. The van der Waals surface area contributed by atoms with Crippen LogP contribution in [-0.4, -0.2) is 11.9 Å². The summed E-state index contributed by atoms with van der Waals surface area (Å²) in [5, 5.41) is 3.16. The molecule has 110 valence electrons. The second-order valence-electron chi connectivity index (χ2n) is 5.64. The molecule has 4 heteroatoms. The number of carbonyl (C=O) groups is 1. The second-order valence-corrected chi connectivity index (χ2v) is 7.01. The molecular weight excluding hydrogens is 334 g/mol. The van der Waals surface area contributed by atoms with Crippen molar-refractivity contribution in [2.45, 2.75) is 56.4 Å². The molecule has 0 aliphatic heterocycles. The van der Waals surface area contributed by atoms with Gasteiger partial charge in [0.2, 0.25) is 0 Å². The molecule has 1 aliphatic carbocycles. The van der Waals surface area contributed by atoms with Crippen LogP contribution in [0.5, 0.6) is 0 Å². The van der Waals surface area contributed by atoms with Gasteiger partial charge in [0.25, 0.3) is 5.91 Å².